The molecule has 0 saturated carbocycles. The number of piperidine rings is 1. The molecular weight excluding hydrogens is 396 g/mol. The standard InChI is InChI=1S/C23H24N4O4/c1-16-6-7-17(2)22(14-16)31-20-8-11-25(12-9-20)23(28)21-10-13-26(24-21)18-4-3-5-19(15-18)27(29)30/h3-7,10,13-15,20H,8-9,11-12H2,1-2H3. The van der Waals surface area contributed by atoms with E-state index in [4.69, 9.17) is 4.74 Å². The first-order chi connectivity index (χ1) is 14.9. The van der Waals surface area contributed by atoms with Crippen LogP contribution in [0.25, 0.3) is 5.69 Å². The maximum atomic E-state index is 12.9. The van der Waals surface area contributed by atoms with Gasteiger partial charge in [-0.05, 0) is 43.2 Å². The summed E-state index contributed by atoms with van der Waals surface area (Å²) in [7, 11) is 0. The number of likely N-dealkylation sites (tertiary alicyclic amines) is 1. The molecular formula is C23H24N4O4. The SMILES string of the molecule is Cc1ccc(C)c(OC2CCN(C(=O)c3ccn(-c4cccc([N+](=O)[O-])c4)n3)CC2)c1. The van der Waals surface area contributed by atoms with Gasteiger partial charge < -0.3 is 9.64 Å². The second-order valence-electron chi connectivity index (χ2n) is 7.80. The van der Waals surface area contributed by atoms with Gasteiger partial charge in [-0.25, -0.2) is 4.68 Å². The average Bonchev–Trinajstić information content (AvgIpc) is 3.27. The molecule has 0 radical (unpaired) electrons. The summed E-state index contributed by atoms with van der Waals surface area (Å²) in [6, 6.07) is 14.0. The molecule has 0 spiro atoms. The van der Waals surface area contributed by atoms with Gasteiger partial charge in [0.1, 0.15) is 11.9 Å². The van der Waals surface area contributed by atoms with Crippen molar-refractivity contribution in [2.45, 2.75) is 32.8 Å². The molecule has 0 atom stereocenters. The van der Waals surface area contributed by atoms with Crippen LogP contribution in [-0.2, 0) is 0 Å². The van der Waals surface area contributed by atoms with Crippen LogP contribution in [0.1, 0.15) is 34.5 Å². The second kappa shape index (κ2) is 8.59. The Morgan fingerprint density at radius 3 is 2.65 bits per heavy atom. The number of benzene rings is 2. The smallest absolute Gasteiger partial charge is 0.274 e. The zero-order valence-corrected chi connectivity index (χ0v) is 17.5. The number of amides is 1. The van der Waals surface area contributed by atoms with E-state index in [1.165, 1.54) is 16.8 Å². The molecule has 0 aliphatic carbocycles. The molecule has 0 N–H and O–H groups in total. The molecule has 1 fully saturated rings. The third kappa shape index (κ3) is 4.58. The van der Waals surface area contributed by atoms with Gasteiger partial charge in [-0.15, -0.1) is 0 Å². The van der Waals surface area contributed by atoms with E-state index < -0.39 is 4.92 Å². The predicted molar refractivity (Wildman–Crippen MR) is 116 cm³/mol. The van der Waals surface area contributed by atoms with Gasteiger partial charge in [0.2, 0.25) is 0 Å². The molecule has 3 aromatic rings. The number of nitro benzene ring substituents is 1. The van der Waals surface area contributed by atoms with Gasteiger partial charge in [0.05, 0.1) is 10.6 Å². The third-order valence-electron chi connectivity index (χ3n) is 5.48. The highest BCUT2D eigenvalue weighted by atomic mass is 16.6. The number of non-ortho nitro benzene ring substituents is 1. The first-order valence-corrected chi connectivity index (χ1v) is 10.2. The normalized spacial score (nSPS) is 14.5. The van der Waals surface area contributed by atoms with Crippen LogP contribution in [0.15, 0.2) is 54.7 Å². The molecule has 1 saturated heterocycles. The summed E-state index contributed by atoms with van der Waals surface area (Å²) in [4.78, 5) is 25.2. The van der Waals surface area contributed by atoms with Crippen LogP contribution < -0.4 is 4.74 Å². The molecule has 1 amide bonds. The van der Waals surface area contributed by atoms with Gasteiger partial charge in [0, 0.05) is 44.3 Å². The van der Waals surface area contributed by atoms with Gasteiger partial charge in [0.15, 0.2) is 5.69 Å². The summed E-state index contributed by atoms with van der Waals surface area (Å²) in [6.45, 7) is 5.27. The molecule has 8 heteroatoms. The van der Waals surface area contributed by atoms with Crippen molar-refractivity contribution in [3.63, 3.8) is 0 Å². The molecule has 2 aromatic carbocycles. The fourth-order valence-corrected chi connectivity index (χ4v) is 3.68. The largest absolute Gasteiger partial charge is 0.490 e. The fourth-order valence-electron chi connectivity index (χ4n) is 3.68. The van der Waals surface area contributed by atoms with E-state index in [0.29, 0.717) is 24.5 Å². The van der Waals surface area contributed by atoms with E-state index in [0.717, 1.165) is 29.7 Å². The van der Waals surface area contributed by atoms with E-state index >= 15 is 0 Å². The number of aromatic nitrogens is 2. The number of rotatable bonds is 5. The van der Waals surface area contributed by atoms with E-state index in [1.54, 1.807) is 29.3 Å². The summed E-state index contributed by atoms with van der Waals surface area (Å²) in [5.74, 6) is 0.759. The molecule has 0 unspecified atom stereocenters. The number of nitro groups is 1. The number of hydrogen-bond acceptors (Lipinski definition) is 5. The van der Waals surface area contributed by atoms with Crippen molar-refractivity contribution in [3.8, 4) is 11.4 Å². The van der Waals surface area contributed by atoms with Crippen LogP contribution in [0.2, 0.25) is 0 Å². The maximum absolute atomic E-state index is 12.9. The van der Waals surface area contributed by atoms with Crippen LogP contribution in [-0.4, -0.2) is 44.7 Å². The maximum Gasteiger partial charge on any atom is 0.274 e. The Labute approximate surface area is 180 Å². The molecule has 1 aliphatic rings. The minimum atomic E-state index is -0.455. The fraction of sp³-hybridized carbons (Fsp3) is 0.304. The molecule has 2 heterocycles. The van der Waals surface area contributed by atoms with Crippen LogP contribution in [0.3, 0.4) is 0 Å². The highest BCUT2D eigenvalue weighted by Crippen LogP contribution is 2.24. The van der Waals surface area contributed by atoms with Gasteiger partial charge in [-0.1, -0.05) is 18.2 Å². The molecule has 1 aromatic heterocycles. The number of carbonyl (C=O) groups is 1. The van der Waals surface area contributed by atoms with Crippen LogP contribution in [0, 0.1) is 24.0 Å². The van der Waals surface area contributed by atoms with Crippen LogP contribution in [0.4, 0.5) is 5.69 Å². The number of ether oxygens (including phenoxy) is 1. The van der Waals surface area contributed by atoms with E-state index in [2.05, 4.69) is 17.2 Å². The molecule has 1 aliphatic heterocycles. The number of nitrogens with zero attached hydrogens (tertiary/aromatic N) is 4. The minimum Gasteiger partial charge on any atom is -0.490 e. The zero-order valence-electron chi connectivity index (χ0n) is 17.5. The Hall–Kier alpha value is -3.68. The summed E-state index contributed by atoms with van der Waals surface area (Å²) in [5, 5.41) is 15.3. The average molecular weight is 420 g/mol. The summed E-state index contributed by atoms with van der Waals surface area (Å²) >= 11 is 0. The zero-order chi connectivity index (χ0) is 22.0. The Morgan fingerprint density at radius 1 is 1.13 bits per heavy atom. The monoisotopic (exact) mass is 420 g/mol. The Balaban J connectivity index is 1.39. The van der Waals surface area contributed by atoms with Gasteiger partial charge in [0.25, 0.3) is 11.6 Å². The molecule has 0 bridgehead atoms. The quantitative estimate of drug-likeness (QED) is 0.458. The topological polar surface area (TPSA) is 90.5 Å². The number of hydrogen-bond donors (Lipinski definition) is 0. The molecule has 160 valence electrons. The Bertz CT molecular complexity index is 1120. The predicted octanol–water partition coefficient (Wildman–Crippen LogP) is 4.08. The lowest BCUT2D eigenvalue weighted by Crippen LogP contribution is -2.42. The Morgan fingerprint density at radius 2 is 1.90 bits per heavy atom. The minimum absolute atomic E-state index is 0.0215. The van der Waals surface area contributed by atoms with E-state index in [9.17, 15) is 14.9 Å². The van der Waals surface area contributed by atoms with Crippen LogP contribution >= 0.6 is 0 Å². The first kappa shape index (κ1) is 20.6. The molecule has 4 rings (SSSR count). The Kier molecular flexibility index (Phi) is 5.70. The lowest BCUT2D eigenvalue weighted by molar-refractivity contribution is -0.384. The van der Waals surface area contributed by atoms with E-state index in [-0.39, 0.29) is 17.7 Å². The number of carbonyl (C=O) groups excluding carboxylic acids is 1. The van der Waals surface area contributed by atoms with Crippen molar-refractivity contribution < 1.29 is 14.5 Å². The summed E-state index contributed by atoms with van der Waals surface area (Å²) in [6.07, 6.45) is 3.23. The van der Waals surface area contributed by atoms with Crippen LogP contribution in [0.5, 0.6) is 5.75 Å². The van der Waals surface area contributed by atoms with Crippen molar-refractivity contribution in [2.24, 2.45) is 0 Å². The van der Waals surface area contributed by atoms with Crippen molar-refractivity contribution in [1.82, 2.24) is 14.7 Å². The summed E-state index contributed by atoms with van der Waals surface area (Å²) < 4.78 is 7.66. The number of aryl methyl sites for hydroxylation is 2. The summed E-state index contributed by atoms with van der Waals surface area (Å²) in [5.41, 5.74) is 3.10. The second-order valence-corrected chi connectivity index (χ2v) is 7.80. The first-order valence-electron chi connectivity index (χ1n) is 10.2. The lowest BCUT2D eigenvalue weighted by atomic mass is 10.1. The van der Waals surface area contributed by atoms with E-state index in [1.807, 2.05) is 19.9 Å². The van der Waals surface area contributed by atoms with Crippen molar-refractivity contribution in [3.05, 3.63) is 81.7 Å². The van der Waals surface area contributed by atoms with Gasteiger partial charge in [-0.3, -0.25) is 14.9 Å². The van der Waals surface area contributed by atoms with Gasteiger partial charge in [-0.2, -0.15) is 5.10 Å². The highest BCUT2D eigenvalue weighted by molar-refractivity contribution is 5.92. The van der Waals surface area contributed by atoms with Gasteiger partial charge >= 0.3 is 0 Å². The van der Waals surface area contributed by atoms with Crippen molar-refractivity contribution >= 4 is 11.6 Å². The highest BCUT2D eigenvalue weighted by Gasteiger charge is 2.26. The lowest BCUT2D eigenvalue weighted by Gasteiger charge is -2.32. The molecule has 8 nitrogen and oxygen atoms in total. The van der Waals surface area contributed by atoms with Crippen molar-refractivity contribution in [1.29, 1.82) is 0 Å². The van der Waals surface area contributed by atoms with Crippen molar-refractivity contribution in [2.75, 3.05) is 13.1 Å². The third-order valence-corrected chi connectivity index (χ3v) is 5.48. The molecule has 31 heavy (non-hydrogen) atoms.